The Morgan fingerprint density at radius 3 is 3.10 bits per heavy atom. The number of pyridine rings is 1. The van der Waals surface area contributed by atoms with Gasteiger partial charge in [-0.2, -0.15) is 10.4 Å². The summed E-state index contributed by atoms with van der Waals surface area (Å²) in [6, 6.07) is 7.48. The molecule has 0 spiro atoms. The molecular weight excluding hydrogens is 256 g/mol. The number of hydrogen-bond acceptors (Lipinski definition) is 6. The van der Waals surface area contributed by atoms with Crippen LogP contribution in [-0.2, 0) is 11.3 Å². The molecule has 2 heterocycles. The van der Waals surface area contributed by atoms with E-state index in [1.165, 1.54) is 6.21 Å². The van der Waals surface area contributed by atoms with Gasteiger partial charge in [0.1, 0.15) is 17.4 Å². The van der Waals surface area contributed by atoms with Crippen molar-refractivity contribution in [3.8, 4) is 6.07 Å². The van der Waals surface area contributed by atoms with E-state index in [9.17, 15) is 5.26 Å². The minimum absolute atomic E-state index is 0.350. The van der Waals surface area contributed by atoms with E-state index in [4.69, 9.17) is 9.15 Å². The second-order valence-corrected chi connectivity index (χ2v) is 4.08. The average molecular weight is 270 g/mol. The summed E-state index contributed by atoms with van der Waals surface area (Å²) < 4.78 is 10.2. The zero-order chi connectivity index (χ0) is 14.4. The Morgan fingerprint density at radius 2 is 2.45 bits per heavy atom. The third-order valence-electron chi connectivity index (χ3n) is 2.55. The quantitative estimate of drug-likeness (QED) is 0.666. The van der Waals surface area contributed by atoms with E-state index in [-0.39, 0.29) is 0 Å². The van der Waals surface area contributed by atoms with E-state index in [0.717, 1.165) is 11.3 Å². The first-order valence-corrected chi connectivity index (χ1v) is 5.96. The topological polar surface area (TPSA) is 83.4 Å². The van der Waals surface area contributed by atoms with E-state index in [2.05, 4.69) is 21.6 Å². The van der Waals surface area contributed by atoms with Crippen molar-refractivity contribution >= 4 is 12.0 Å². The van der Waals surface area contributed by atoms with Gasteiger partial charge in [-0.05, 0) is 25.1 Å². The second-order valence-electron chi connectivity index (χ2n) is 4.08. The number of nitrogens with zero attached hydrogens (tertiary/aromatic N) is 3. The lowest BCUT2D eigenvalue weighted by Gasteiger charge is -2.08. The zero-order valence-electron chi connectivity index (χ0n) is 11.3. The molecule has 0 unspecified atom stereocenters. The number of aromatic nitrogens is 1. The third kappa shape index (κ3) is 3.22. The fourth-order valence-electron chi connectivity index (χ4n) is 1.74. The van der Waals surface area contributed by atoms with E-state index in [0.29, 0.717) is 23.7 Å². The Balaban J connectivity index is 2.24. The summed E-state index contributed by atoms with van der Waals surface area (Å²) in [7, 11) is 1.58. The van der Waals surface area contributed by atoms with Crippen LogP contribution < -0.4 is 5.43 Å². The van der Waals surface area contributed by atoms with E-state index < -0.39 is 0 Å². The first-order chi connectivity index (χ1) is 9.74. The monoisotopic (exact) mass is 270 g/mol. The van der Waals surface area contributed by atoms with Crippen molar-refractivity contribution in [3.05, 3.63) is 47.0 Å². The normalized spacial score (nSPS) is 10.7. The maximum absolute atomic E-state index is 9.24. The molecule has 0 radical (unpaired) electrons. The highest BCUT2D eigenvalue weighted by Gasteiger charge is 2.10. The SMILES string of the molecule is COCc1cc(C)nc(NN=Cc2ccco2)c1C#N. The van der Waals surface area contributed by atoms with E-state index in [1.807, 2.05) is 13.0 Å². The third-order valence-corrected chi connectivity index (χ3v) is 2.55. The molecule has 6 nitrogen and oxygen atoms in total. The first kappa shape index (κ1) is 13.8. The Morgan fingerprint density at radius 1 is 1.60 bits per heavy atom. The number of furan rings is 1. The molecule has 0 fully saturated rings. The number of ether oxygens (including phenoxy) is 1. The number of methoxy groups -OCH3 is 1. The second kappa shape index (κ2) is 6.50. The van der Waals surface area contributed by atoms with Crippen molar-refractivity contribution in [1.29, 1.82) is 5.26 Å². The summed E-state index contributed by atoms with van der Waals surface area (Å²) in [5, 5.41) is 13.3. The molecule has 0 saturated carbocycles. The van der Waals surface area contributed by atoms with Crippen molar-refractivity contribution in [3.63, 3.8) is 0 Å². The van der Waals surface area contributed by atoms with E-state index in [1.54, 1.807) is 25.5 Å². The van der Waals surface area contributed by atoms with Crippen LogP contribution in [0.3, 0.4) is 0 Å². The van der Waals surface area contributed by atoms with Crippen molar-refractivity contribution in [1.82, 2.24) is 4.98 Å². The molecule has 0 aliphatic carbocycles. The molecular formula is C14H14N4O2. The molecule has 0 atom stereocenters. The van der Waals surface area contributed by atoms with Crippen molar-refractivity contribution in [2.24, 2.45) is 5.10 Å². The van der Waals surface area contributed by atoms with Crippen molar-refractivity contribution in [2.75, 3.05) is 12.5 Å². The van der Waals surface area contributed by atoms with Crippen LogP contribution in [0.4, 0.5) is 5.82 Å². The molecule has 0 bridgehead atoms. The minimum Gasteiger partial charge on any atom is -0.463 e. The molecule has 1 N–H and O–H groups in total. The predicted molar refractivity (Wildman–Crippen MR) is 74.3 cm³/mol. The lowest BCUT2D eigenvalue weighted by Crippen LogP contribution is -2.03. The Bertz CT molecular complexity index is 642. The van der Waals surface area contributed by atoms with Gasteiger partial charge in [0.15, 0.2) is 5.82 Å². The molecule has 0 aliphatic heterocycles. The number of aryl methyl sites for hydroxylation is 1. The van der Waals surface area contributed by atoms with Gasteiger partial charge in [0.2, 0.25) is 0 Å². The molecule has 102 valence electrons. The van der Waals surface area contributed by atoms with Gasteiger partial charge in [-0.3, -0.25) is 5.43 Å². The Hall–Kier alpha value is -2.65. The summed E-state index contributed by atoms with van der Waals surface area (Å²) in [4.78, 5) is 4.27. The number of nitriles is 1. The molecule has 0 saturated heterocycles. The number of anilines is 1. The van der Waals surface area contributed by atoms with Crippen LogP contribution in [0.5, 0.6) is 0 Å². The van der Waals surface area contributed by atoms with Gasteiger partial charge in [-0.15, -0.1) is 0 Å². The van der Waals surface area contributed by atoms with Gasteiger partial charge in [0.25, 0.3) is 0 Å². The summed E-state index contributed by atoms with van der Waals surface area (Å²) >= 11 is 0. The molecule has 0 aromatic carbocycles. The van der Waals surface area contributed by atoms with Crippen LogP contribution in [0.15, 0.2) is 34.0 Å². The Labute approximate surface area is 116 Å². The van der Waals surface area contributed by atoms with Gasteiger partial charge in [-0.1, -0.05) is 0 Å². The Kier molecular flexibility index (Phi) is 4.47. The van der Waals surface area contributed by atoms with Crippen molar-refractivity contribution in [2.45, 2.75) is 13.5 Å². The van der Waals surface area contributed by atoms with Gasteiger partial charge in [0.05, 0.1) is 19.1 Å². The number of rotatable bonds is 5. The molecule has 2 rings (SSSR count). The van der Waals surface area contributed by atoms with Crippen LogP contribution in [0.25, 0.3) is 0 Å². The lowest BCUT2D eigenvalue weighted by atomic mass is 10.1. The van der Waals surface area contributed by atoms with Gasteiger partial charge in [-0.25, -0.2) is 4.98 Å². The van der Waals surface area contributed by atoms with Crippen molar-refractivity contribution < 1.29 is 9.15 Å². The maximum atomic E-state index is 9.24. The number of hydrogen-bond donors (Lipinski definition) is 1. The van der Waals surface area contributed by atoms with Gasteiger partial charge < -0.3 is 9.15 Å². The molecule has 0 aliphatic rings. The standard InChI is InChI=1S/C14H14N4O2/c1-10-6-11(9-19-2)13(7-15)14(17-10)18-16-8-12-4-3-5-20-12/h3-6,8H,9H2,1-2H3,(H,17,18). The van der Waals surface area contributed by atoms with Crippen LogP contribution in [0.1, 0.15) is 22.6 Å². The van der Waals surface area contributed by atoms with E-state index >= 15 is 0 Å². The summed E-state index contributed by atoms with van der Waals surface area (Å²) in [6.07, 6.45) is 3.07. The minimum atomic E-state index is 0.350. The number of nitrogens with one attached hydrogen (secondary N) is 1. The van der Waals surface area contributed by atoms with Crippen LogP contribution in [0, 0.1) is 18.3 Å². The predicted octanol–water partition coefficient (Wildman–Crippen LogP) is 2.45. The molecule has 2 aromatic rings. The highest BCUT2D eigenvalue weighted by Crippen LogP contribution is 2.19. The number of hydrazone groups is 1. The van der Waals surface area contributed by atoms with Crippen LogP contribution in [-0.4, -0.2) is 18.3 Å². The van der Waals surface area contributed by atoms with Crippen LogP contribution in [0.2, 0.25) is 0 Å². The summed E-state index contributed by atoms with van der Waals surface area (Å²) in [5.74, 6) is 1.02. The molecule has 20 heavy (non-hydrogen) atoms. The van der Waals surface area contributed by atoms with Gasteiger partial charge >= 0.3 is 0 Å². The fraction of sp³-hybridized carbons (Fsp3) is 0.214. The lowest BCUT2D eigenvalue weighted by molar-refractivity contribution is 0.184. The summed E-state index contributed by atoms with van der Waals surface area (Å²) in [5.41, 5.74) is 4.75. The average Bonchev–Trinajstić information content (AvgIpc) is 2.92. The maximum Gasteiger partial charge on any atom is 0.164 e. The smallest absolute Gasteiger partial charge is 0.164 e. The van der Waals surface area contributed by atoms with Crippen LogP contribution >= 0.6 is 0 Å². The molecule has 2 aromatic heterocycles. The zero-order valence-corrected chi connectivity index (χ0v) is 11.3. The largest absolute Gasteiger partial charge is 0.463 e. The highest BCUT2D eigenvalue weighted by atomic mass is 16.5. The fourth-order valence-corrected chi connectivity index (χ4v) is 1.74. The molecule has 6 heteroatoms. The summed E-state index contributed by atoms with van der Waals surface area (Å²) in [6.45, 7) is 2.20. The first-order valence-electron chi connectivity index (χ1n) is 5.96. The van der Waals surface area contributed by atoms with Gasteiger partial charge in [0, 0.05) is 18.4 Å². The molecule has 0 amide bonds. The highest BCUT2D eigenvalue weighted by molar-refractivity contribution is 5.76.